The minimum absolute atomic E-state index is 0.101. The Balaban J connectivity index is 1.70. The molecular formula is C19H20FNO4S. The zero-order chi connectivity index (χ0) is 18.3. The first kappa shape index (κ1) is 17.3. The zero-order valence-corrected chi connectivity index (χ0v) is 15.3. The van der Waals surface area contributed by atoms with Crippen LogP contribution in [0.5, 0.6) is 11.5 Å². The molecule has 5 nitrogen and oxygen atoms in total. The van der Waals surface area contributed by atoms with Gasteiger partial charge in [-0.2, -0.15) is 4.31 Å². The van der Waals surface area contributed by atoms with E-state index in [-0.39, 0.29) is 10.9 Å². The molecule has 1 unspecified atom stereocenters. The van der Waals surface area contributed by atoms with Crippen LogP contribution in [-0.4, -0.2) is 32.5 Å². The van der Waals surface area contributed by atoms with Crippen molar-refractivity contribution in [1.29, 1.82) is 0 Å². The lowest BCUT2D eigenvalue weighted by atomic mass is 9.94. The molecule has 2 heterocycles. The highest BCUT2D eigenvalue weighted by Gasteiger charge is 2.35. The van der Waals surface area contributed by atoms with Gasteiger partial charge in [-0.05, 0) is 60.9 Å². The van der Waals surface area contributed by atoms with Crippen LogP contribution in [0.4, 0.5) is 4.39 Å². The number of hydrogen-bond acceptors (Lipinski definition) is 4. The number of sulfonamides is 1. The van der Waals surface area contributed by atoms with Gasteiger partial charge in [0, 0.05) is 19.0 Å². The van der Waals surface area contributed by atoms with E-state index in [0.717, 1.165) is 23.3 Å². The molecule has 0 bridgehead atoms. The summed E-state index contributed by atoms with van der Waals surface area (Å²) in [5, 5.41) is 0. The molecule has 138 valence electrons. The van der Waals surface area contributed by atoms with Gasteiger partial charge in [-0.1, -0.05) is 0 Å². The van der Waals surface area contributed by atoms with E-state index in [1.165, 1.54) is 28.6 Å². The third-order valence-electron chi connectivity index (χ3n) is 4.91. The molecule has 0 spiro atoms. The summed E-state index contributed by atoms with van der Waals surface area (Å²) in [6.07, 6.45) is 1.41. The van der Waals surface area contributed by atoms with Gasteiger partial charge in [0.1, 0.15) is 5.82 Å². The molecule has 1 atom stereocenters. The highest BCUT2D eigenvalue weighted by molar-refractivity contribution is 7.89. The molecular weight excluding hydrogens is 357 g/mol. The zero-order valence-electron chi connectivity index (χ0n) is 14.4. The number of fused-ring (bicyclic) bond motifs is 2. The maximum absolute atomic E-state index is 13.2. The van der Waals surface area contributed by atoms with Gasteiger partial charge in [0.05, 0.1) is 18.1 Å². The van der Waals surface area contributed by atoms with Crippen LogP contribution in [-0.2, 0) is 16.4 Å². The summed E-state index contributed by atoms with van der Waals surface area (Å²) < 4.78 is 52.1. The minimum atomic E-state index is -3.70. The van der Waals surface area contributed by atoms with Crippen molar-refractivity contribution in [2.24, 2.45) is 0 Å². The number of ether oxygens (including phenoxy) is 2. The Bertz CT molecular complexity index is 927. The summed E-state index contributed by atoms with van der Waals surface area (Å²) in [5.41, 5.74) is 2.00. The monoisotopic (exact) mass is 377 g/mol. The molecule has 0 amide bonds. The van der Waals surface area contributed by atoms with Gasteiger partial charge in [-0.3, -0.25) is 0 Å². The summed E-state index contributed by atoms with van der Waals surface area (Å²) in [7, 11) is -3.70. The fourth-order valence-corrected chi connectivity index (χ4v) is 5.13. The Hall–Kier alpha value is -2.12. The first-order valence-corrected chi connectivity index (χ1v) is 10.1. The summed E-state index contributed by atoms with van der Waals surface area (Å²) in [4.78, 5) is 0.101. The van der Waals surface area contributed by atoms with Crippen molar-refractivity contribution in [3.63, 3.8) is 0 Å². The van der Waals surface area contributed by atoms with Crippen molar-refractivity contribution < 1.29 is 22.3 Å². The van der Waals surface area contributed by atoms with Crippen molar-refractivity contribution in [2.45, 2.75) is 30.7 Å². The number of halogens is 1. The van der Waals surface area contributed by atoms with Crippen LogP contribution in [0.1, 0.15) is 30.5 Å². The number of benzene rings is 2. The van der Waals surface area contributed by atoms with E-state index in [0.29, 0.717) is 31.9 Å². The average molecular weight is 377 g/mol. The lowest BCUT2D eigenvalue weighted by Crippen LogP contribution is -2.38. The van der Waals surface area contributed by atoms with Crippen molar-refractivity contribution in [3.05, 3.63) is 53.3 Å². The average Bonchev–Trinajstić information content (AvgIpc) is 2.85. The summed E-state index contributed by atoms with van der Waals surface area (Å²) in [6, 6.07) is 8.47. The Morgan fingerprint density at radius 1 is 1.08 bits per heavy atom. The minimum Gasteiger partial charge on any atom is -0.490 e. The number of rotatable bonds is 2. The van der Waals surface area contributed by atoms with Gasteiger partial charge in [0.15, 0.2) is 11.5 Å². The molecule has 4 rings (SSSR count). The molecule has 0 aliphatic carbocycles. The smallest absolute Gasteiger partial charge is 0.243 e. The number of hydrogen-bond donors (Lipinski definition) is 0. The van der Waals surface area contributed by atoms with Gasteiger partial charge < -0.3 is 9.47 Å². The molecule has 2 aromatic rings. The molecule has 2 aliphatic rings. The second-order valence-electron chi connectivity index (χ2n) is 6.54. The van der Waals surface area contributed by atoms with Crippen molar-refractivity contribution in [1.82, 2.24) is 4.31 Å². The lowest BCUT2D eigenvalue weighted by molar-refractivity contribution is 0.296. The third-order valence-corrected chi connectivity index (χ3v) is 6.90. The maximum atomic E-state index is 13.2. The van der Waals surface area contributed by atoms with Crippen LogP contribution in [0.25, 0.3) is 0 Å². The highest BCUT2D eigenvalue weighted by atomic mass is 32.2. The molecule has 26 heavy (non-hydrogen) atoms. The molecule has 7 heteroatoms. The lowest BCUT2D eigenvalue weighted by Gasteiger charge is -2.34. The van der Waals surface area contributed by atoms with Gasteiger partial charge in [0.2, 0.25) is 10.0 Å². The largest absolute Gasteiger partial charge is 0.490 e. The molecule has 2 aliphatic heterocycles. The maximum Gasteiger partial charge on any atom is 0.243 e. The Labute approximate surface area is 152 Å². The van der Waals surface area contributed by atoms with E-state index < -0.39 is 15.8 Å². The van der Waals surface area contributed by atoms with E-state index in [1.807, 2.05) is 19.1 Å². The SMILES string of the molecule is CC1c2cc3c(cc2CCN1S(=O)(=O)c1ccc(F)cc1)OCCCO3. The topological polar surface area (TPSA) is 55.8 Å². The normalized spacial score (nSPS) is 20.3. The first-order chi connectivity index (χ1) is 12.5. The Morgan fingerprint density at radius 2 is 1.73 bits per heavy atom. The first-order valence-electron chi connectivity index (χ1n) is 8.66. The summed E-state index contributed by atoms with van der Waals surface area (Å²) in [5.74, 6) is 0.929. The molecule has 2 aromatic carbocycles. The molecule has 0 fully saturated rings. The van der Waals surface area contributed by atoms with Crippen LogP contribution in [0, 0.1) is 5.82 Å². The Morgan fingerprint density at radius 3 is 2.42 bits per heavy atom. The summed E-state index contributed by atoms with van der Waals surface area (Å²) in [6.45, 7) is 3.43. The van der Waals surface area contributed by atoms with E-state index >= 15 is 0 Å². The molecule has 0 radical (unpaired) electrons. The second kappa shape index (κ2) is 6.55. The van der Waals surface area contributed by atoms with E-state index in [1.54, 1.807) is 0 Å². The summed E-state index contributed by atoms with van der Waals surface area (Å²) >= 11 is 0. The molecule has 0 saturated carbocycles. The fraction of sp³-hybridized carbons (Fsp3) is 0.368. The predicted octanol–water partition coefficient (Wildman–Crippen LogP) is 3.30. The van der Waals surface area contributed by atoms with Crippen LogP contribution in [0.3, 0.4) is 0 Å². The van der Waals surface area contributed by atoms with Crippen LogP contribution < -0.4 is 9.47 Å². The molecule has 0 saturated heterocycles. The van der Waals surface area contributed by atoms with E-state index in [4.69, 9.17) is 9.47 Å². The van der Waals surface area contributed by atoms with Crippen LogP contribution in [0.15, 0.2) is 41.3 Å². The van der Waals surface area contributed by atoms with Gasteiger partial charge >= 0.3 is 0 Å². The van der Waals surface area contributed by atoms with E-state index in [2.05, 4.69) is 0 Å². The quantitative estimate of drug-likeness (QED) is 0.806. The second-order valence-corrected chi connectivity index (χ2v) is 8.43. The molecule has 0 aromatic heterocycles. The number of nitrogens with zero attached hydrogens (tertiary/aromatic N) is 1. The fourth-order valence-electron chi connectivity index (χ4n) is 3.52. The van der Waals surface area contributed by atoms with Crippen LogP contribution >= 0.6 is 0 Å². The van der Waals surface area contributed by atoms with Gasteiger partial charge in [-0.25, -0.2) is 12.8 Å². The Kier molecular flexibility index (Phi) is 4.36. The highest BCUT2D eigenvalue weighted by Crippen LogP contribution is 2.40. The third kappa shape index (κ3) is 2.95. The van der Waals surface area contributed by atoms with Gasteiger partial charge in [0.25, 0.3) is 0 Å². The van der Waals surface area contributed by atoms with Crippen molar-refractivity contribution >= 4 is 10.0 Å². The van der Waals surface area contributed by atoms with Crippen molar-refractivity contribution in [3.8, 4) is 11.5 Å². The molecule has 0 N–H and O–H groups in total. The van der Waals surface area contributed by atoms with E-state index in [9.17, 15) is 12.8 Å². The predicted molar refractivity (Wildman–Crippen MR) is 94.5 cm³/mol. The van der Waals surface area contributed by atoms with Crippen LogP contribution in [0.2, 0.25) is 0 Å². The van der Waals surface area contributed by atoms with Gasteiger partial charge in [-0.15, -0.1) is 0 Å². The standard InChI is InChI=1S/C19H20FNO4S/c1-13-17-12-19-18(24-9-2-10-25-19)11-14(17)7-8-21(13)26(22,23)16-5-3-15(20)4-6-16/h3-6,11-13H,2,7-10H2,1H3. The van der Waals surface area contributed by atoms with Crippen molar-refractivity contribution in [2.75, 3.05) is 19.8 Å².